The van der Waals surface area contributed by atoms with Gasteiger partial charge in [-0.15, -0.1) is 0 Å². The molecule has 19 heavy (non-hydrogen) atoms. The number of pyridine rings is 1. The summed E-state index contributed by atoms with van der Waals surface area (Å²) in [6, 6.07) is 3.05. The third-order valence-electron chi connectivity index (χ3n) is 3.34. The first-order valence-electron chi connectivity index (χ1n) is 6.04. The molecule has 1 atom stereocenters. The monoisotopic (exact) mass is 283 g/mol. The molecule has 0 saturated carbocycles. The maximum atomic E-state index is 12.3. The van der Waals surface area contributed by atoms with E-state index in [1.165, 1.54) is 4.90 Å². The number of amides is 1. The predicted molar refractivity (Wildman–Crippen MR) is 72.9 cm³/mol. The molecule has 2 heterocycles. The fourth-order valence-electron chi connectivity index (χ4n) is 2.15. The van der Waals surface area contributed by atoms with Crippen molar-refractivity contribution >= 4 is 21.6 Å². The van der Waals surface area contributed by atoms with Crippen LogP contribution in [0.2, 0.25) is 0 Å². The normalized spacial score (nSPS) is 21.1. The van der Waals surface area contributed by atoms with Gasteiger partial charge in [0.1, 0.15) is 5.82 Å². The second-order valence-corrected chi connectivity index (χ2v) is 6.88. The average Bonchev–Trinajstić information content (AvgIpc) is 2.77. The molecule has 1 amide bonds. The van der Waals surface area contributed by atoms with Crippen molar-refractivity contribution in [3.05, 3.63) is 23.9 Å². The van der Waals surface area contributed by atoms with Crippen molar-refractivity contribution in [3.63, 3.8) is 0 Å². The number of aromatic nitrogens is 1. The summed E-state index contributed by atoms with van der Waals surface area (Å²) in [7, 11) is 0.385. The number of rotatable bonds is 3. The molecule has 1 aromatic rings. The molecule has 6 nitrogen and oxygen atoms in total. The van der Waals surface area contributed by atoms with Gasteiger partial charge in [0.15, 0.2) is 9.84 Å². The lowest BCUT2D eigenvalue weighted by Crippen LogP contribution is -2.37. The van der Waals surface area contributed by atoms with Crippen molar-refractivity contribution < 1.29 is 13.2 Å². The number of hydrogen-bond acceptors (Lipinski definition) is 5. The van der Waals surface area contributed by atoms with Crippen LogP contribution in [0.25, 0.3) is 0 Å². The molecule has 0 aromatic carbocycles. The Bertz CT molecular complexity index is 586. The van der Waals surface area contributed by atoms with Crippen LogP contribution in [0.3, 0.4) is 0 Å². The summed E-state index contributed by atoms with van der Waals surface area (Å²) in [5.74, 6) is 0.645. The molecule has 0 bridgehead atoms. The number of anilines is 1. The van der Waals surface area contributed by atoms with E-state index in [-0.39, 0.29) is 23.5 Å². The van der Waals surface area contributed by atoms with Crippen LogP contribution in [0.4, 0.5) is 5.82 Å². The summed E-state index contributed by atoms with van der Waals surface area (Å²) in [5, 5.41) is 2.87. The van der Waals surface area contributed by atoms with Gasteiger partial charge in [-0.2, -0.15) is 0 Å². The van der Waals surface area contributed by atoms with E-state index in [1.54, 1.807) is 32.4 Å². The van der Waals surface area contributed by atoms with E-state index in [0.29, 0.717) is 17.8 Å². The highest BCUT2D eigenvalue weighted by molar-refractivity contribution is 7.91. The van der Waals surface area contributed by atoms with Gasteiger partial charge >= 0.3 is 0 Å². The lowest BCUT2D eigenvalue weighted by Gasteiger charge is -2.23. The summed E-state index contributed by atoms with van der Waals surface area (Å²) in [6.45, 7) is 0. The highest BCUT2D eigenvalue weighted by Gasteiger charge is 2.33. The Labute approximate surface area is 112 Å². The zero-order valence-corrected chi connectivity index (χ0v) is 11.8. The van der Waals surface area contributed by atoms with Crippen LogP contribution in [-0.2, 0) is 9.84 Å². The first-order valence-corrected chi connectivity index (χ1v) is 7.86. The third-order valence-corrected chi connectivity index (χ3v) is 5.09. The highest BCUT2D eigenvalue weighted by Crippen LogP contribution is 2.19. The average molecular weight is 283 g/mol. The molecule has 0 radical (unpaired) electrons. The maximum absolute atomic E-state index is 12.3. The number of nitrogens with one attached hydrogen (secondary N) is 1. The molecule has 104 valence electrons. The van der Waals surface area contributed by atoms with E-state index in [1.807, 2.05) is 0 Å². The van der Waals surface area contributed by atoms with E-state index in [4.69, 9.17) is 0 Å². The minimum absolute atomic E-state index is 0.0548. The van der Waals surface area contributed by atoms with Crippen molar-refractivity contribution in [2.45, 2.75) is 12.5 Å². The lowest BCUT2D eigenvalue weighted by molar-refractivity contribution is 0.0747. The van der Waals surface area contributed by atoms with Crippen molar-refractivity contribution in [1.29, 1.82) is 0 Å². The van der Waals surface area contributed by atoms with Gasteiger partial charge in [0.25, 0.3) is 5.91 Å². The molecule has 1 aliphatic rings. The minimum Gasteiger partial charge on any atom is -0.373 e. The van der Waals surface area contributed by atoms with Gasteiger partial charge in [-0.3, -0.25) is 4.79 Å². The van der Waals surface area contributed by atoms with Gasteiger partial charge < -0.3 is 10.2 Å². The van der Waals surface area contributed by atoms with Gasteiger partial charge in [-0.1, -0.05) is 0 Å². The number of carbonyl (C=O) groups excluding carboxylic acids is 1. The van der Waals surface area contributed by atoms with Crippen LogP contribution in [0.5, 0.6) is 0 Å². The molecular weight excluding hydrogens is 266 g/mol. The number of carbonyl (C=O) groups is 1. The van der Waals surface area contributed by atoms with E-state index in [9.17, 15) is 13.2 Å². The highest BCUT2D eigenvalue weighted by atomic mass is 32.2. The quantitative estimate of drug-likeness (QED) is 0.867. The SMILES string of the molecule is CNc1cc(C(=O)N(C)C2CCS(=O)(=O)C2)ccn1. The Balaban J connectivity index is 2.15. The fourth-order valence-corrected chi connectivity index (χ4v) is 3.92. The summed E-state index contributed by atoms with van der Waals surface area (Å²) in [6.07, 6.45) is 2.06. The zero-order valence-electron chi connectivity index (χ0n) is 11.0. The second-order valence-electron chi connectivity index (χ2n) is 4.65. The number of sulfone groups is 1. The van der Waals surface area contributed by atoms with E-state index in [2.05, 4.69) is 10.3 Å². The van der Waals surface area contributed by atoms with E-state index >= 15 is 0 Å². The Morgan fingerprint density at radius 3 is 2.84 bits per heavy atom. The van der Waals surface area contributed by atoms with Gasteiger partial charge in [0.2, 0.25) is 0 Å². The van der Waals surface area contributed by atoms with Gasteiger partial charge in [0.05, 0.1) is 11.5 Å². The molecule has 1 N–H and O–H groups in total. The Hall–Kier alpha value is -1.63. The summed E-state index contributed by atoms with van der Waals surface area (Å²) < 4.78 is 22.9. The third kappa shape index (κ3) is 3.04. The largest absolute Gasteiger partial charge is 0.373 e. The molecule has 1 saturated heterocycles. The van der Waals surface area contributed by atoms with Crippen LogP contribution in [0.15, 0.2) is 18.3 Å². The zero-order chi connectivity index (χ0) is 14.0. The van der Waals surface area contributed by atoms with Crippen molar-refractivity contribution in [1.82, 2.24) is 9.88 Å². The molecule has 1 unspecified atom stereocenters. The molecule has 7 heteroatoms. The Morgan fingerprint density at radius 2 is 2.26 bits per heavy atom. The summed E-state index contributed by atoms with van der Waals surface area (Å²) in [4.78, 5) is 17.8. The van der Waals surface area contributed by atoms with Crippen LogP contribution < -0.4 is 5.32 Å². The summed E-state index contributed by atoms with van der Waals surface area (Å²) >= 11 is 0. The van der Waals surface area contributed by atoms with Crippen LogP contribution >= 0.6 is 0 Å². The molecule has 0 spiro atoms. The standard InChI is InChI=1S/C12H17N3O3S/c1-13-11-7-9(3-5-14-11)12(16)15(2)10-4-6-19(17,18)8-10/h3,5,7,10H,4,6,8H2,1-2H3,(H,13,14). The molecule has 1 fully saturated rings. The van der Waals surface area contributed by atoms with Crippen LogP contribution in [0.1, 0.15) is 16.8 Å². The molecular formula is C12H17N3O3S. The Morgan fingerprint density at radius 1 is 1.53 bits per heavy atom. The van der Waals surface area contributed by atoms with Gasteiger partial charge in [-0.05, 0) is 18.6 Å². The molecule has 1 aromatic heterocycles. The lowest BCUT2D eigenvalue weighted by atomic mass is 10.2. The van der Waals surface area contributed by atoms with Crippen LogP contribution in [0, 0.1) is 0 Å². The summed E-state index contributed by atoms with van der Waals surface area (Å²) in [5.41, 5.74) is 0.506. The maximum Gasteiger partial charge on any atom is 0.254 e. The topological polar surface area (TPSA) is 79.4 Å². The predicted octanol–water partition coefficient (Wildman–Crippen LogP) is 0.382. The second kappa shape index (κ2) is 5.16. The van der Waals surface area contributed by atoms with Gasteiger partial charge in [-0.25, -0.2) is 13.4 Å². The molecule has 2 rings (SSSR count). The fraction of sp³-hybridized carbons (Fsp3) is 0.500. The number of nitrogens with zero attached hydrogens (tertiary/aromatic N) is 2. The Kier molecular flexibility index (Phi) is 3.75. The van der Waals surface area contributed by atoms with Crippen molar-refractivity contribution in [2.24, 2.45) is 0 Å². The number of hydrogen-bond donors (Lipinski definition) is 1. The van der Waals surface area contributed by atoms with Crippen LogP contribution in [-0.4, -0.2) is 55.9 Å². The van der Waals surface area contributed by atoms with E-state index < -0.39 is 9.84 Å². The van der Waals surface area contributed by atoms with E-state index in [0.717, 1.165) is 0 Å². The first kappa shape index (κ1) is 13.8. The molecule has 1 aliphatic heterocycles. The molecule has 0 aliphatic carbocycles. The van der Waals surface area contributed by atoms with Crippen molar-refractivity contribution in [2.75, 3.05) is 30.9 Å². The smallest absolute Gasteiger partial charge is 0.254 e. The van der Waals surface area contributed by atoms with Crippen molar-refractivity contribution in [3.8, 4) is 0 Å². The first-order chi connectivity index (χ1) is 8.93. The van der Waals surface area contributed by atoms with Gasteiger partial charge in [0, 0.05) is 31.9 Å². The minimum atomic E-state index is -2.99.